The molecule has 0 spiro atoms. The minimum Gasteiger partial charge on any atom is -0.369 e. The molecule has 4 nitrogen and oxygen atoms in total. The van der Waals surface area contributed by atoms with E-state index in [2.05, 4.69) is 51.5 Å². The Hall–Kier alpha value is -2.33. The zero-order chi connectivity index (χ0) is 17.6. The summed E-state index contributed by atoms with van der Waals surface area (Å²) in [5.41, 5.74) is 4.30. The van der Waals surface area contributed by atoms with Gasteiger partial charge in [0, 0.05) is 50.5 Å². The highest BCUT2D eigenvalue weighted by Gasteiger charge is 2.17. The van der Waals surface area contributed by atoms with Crippen molar-refractivity contribution in [2.75, 3.05) is 44.2 Å². The van der Waals surface area contributed by atoms with Gasteiger partial charge in [0.1, 0.15) is 0 Å². The molecule has 132 valence electrons. The van der Waals surface area contributed by atoms with Gasteiger partial charge in [-0.05, 0) is 37.6 Å². The molecule has 3 rings (SSSR count). The molecule has 1 saturated heterocycles. The van der Waals surface area contributed by atoms with E-state index in [4.69, 9.17) is 0 Å². The molecule has 1 aliphatic heterocycles. The molecular weight excluding hydrogens is 310 g/mol. The largest absolute Gasteiger partial charge is 0.369 e. The topological polar surface area (TPSA) is 35.6 Å². The lowest BCUT2D eigenvalue weighted by Gasteiger charge is -2.36. The zero-order valence-electron chi connectivity index (χ0n) is 15.2. The maximum Gasteiger partial charge on any atom is 0.251 e. The van der Waals surface area contributed by atoms with Crippen LogP contribution in [0.15, 0.2) is 48.5 Å². The third-order valence-corrected chi connectivity index (χ3v) is 4.83. The highest BCUT2D eigenvalue weighted by molar-refractivity contribution is 5.95. The third kappa shape index (κ3) is 4.60. The predicted molar refractivity (Wildman–Crippen MR) is 103 cm³/mol. The Morgan fingerprint density at radius 2 is 1.72 bits per heavy atom. The smallest absolute Gasteiger partial charge is 0.251 e. The Bertz CT molecular complexity index is 706. The third-order valence-electron chi connectivity index (χ3n) is 4.83. The van der Waals surface area contributed by atoms with Crippen LogP contribution in [0.5, 0.6) is 0 Å². The first kappa shape index (κ1) is 17.5. The first-order valence-corrected chi connectivity index (χ1v) is 9.01. The molecule has 1 amide bonds. The van der Waals surface area contributed by atoms with Crippen LogP contribution in [0.2, 0.25) is 0 Å². The van der Waals surface area contributed by atoms with Gasteiger partial charge in [-0.15, -0.1) is 0 Å². The number of nitrogens with one attached hydrogen (secondary N) is 1. The predicted octanol–water partition coefficient (Wildman–Crippen LogP) is 2.86. The van der Waals surface area contributed by atoms with Crippen molar-refractivity contribution < 1.29 is 4.79 Å². The fraction of sp³-hybridized carbons (Fsp3) is 0.381. The number of hydrogen-bond acceptors (Lipinski definition) is 3. The summed E-state index contributed by atoms with van der Waals surface area (Å²) in [6.45, 7) is 9.78. The number of anilines is 1. The van der Waals surface area contributed by atoms with Crippen molar-refractivity contribution in [3.8, 4) is 0 Å². The van der Waals surface area contributed by atoms with Gasteiger partial charge in [0.2, 0.25) is 0 Å². The van der Waals surface area contributed by atoms with Crippen molar-refractivity contribution in [2.24, 2.45) is 0 Å². The maximum absolute atomic E-state index is 12.3. The quantitative estimate of drug-likeness (QED) is 0.911. The first-order valence-electron chi connectivity index (χ1n) is 9.01. The molecule has 4 heteroatoms. The molecule has 0 bridgehead atoms. The number of aryl methyl sites for hydroxylation is 2. The highest BCUT2D eigenvalue weighted by Crippen LogP contribution is 2.15. The van der Waals surface area contributed by atoms with Gasteiger partial charge in [-0.2, -0.15) is 0 Å². The Balaban J connectivity index is 1.42. The summed E-state index contributed by atoms with van der Waals surface area (Å²) in [5.74, 6) is 0.0282. The Labute approximate surface area is 150 Å². The van der Waals surface area contributed by atoms with Gasteiger partial charge in [-0.3, -0.25) is 9.69 Å². The van der Waals surface area contributed by atoms with Gasteiger partial charge in [-0.25, -0.2) is 0 Å². The van der Waals surface area contributed by atoms with Gasteiger partial charge in [-0.1, -0.05) is 35.9 Å². The van der Waals surface area contributed by atoms with E-state index in [1.807, 2.05) is 26.0 Å². The summed E-state index contributed by atoms with van der Waals surface area (Å²) in [5, 5.41) is 3.06. The summed E-state index contributed by atoms with van der Waals surface area (Å²) in [6.07, 6.45) is 0. The van der Waals surface area contributed by atoms with E-state index < -0.39 is 0 Å². The first-order chi connectivity index (χ1) is 12.1. The number of carbonyl (C=O) groups excluding carboxylic acids is 1. The molecule has 0 saturated carbocycles. The molecular formula is C21H27N3O. The number of rotatable bonds is 5. The fourth-order valence-corrected chi connectivity index (χ4v) is 3.36. The molecule has 2 aromatic carbocycles. The van der Waals surface area contributed by atoms with E-state index in [1.165, 1.54) is 11.3 Å². The molecule has 1 aliphatic rings. The number of hydrogen-bond donors (Lipinski definition) is 1. The highest BCUT2D eigenvalue weighted by atomic mass is 16.1. The van der Waals surface area contributed by atoms with Gasteiger partial charge in [0.25, 0.3) is 5.91 Å². The van der Waals surface area contributed by atoms with Crippen LogP contribution in [0, 0.1) is 13.8 Å². The Morgan fingerprint density at radius 3 is 2.40 bits per heavy atom. The van der Waals surface area contributed by atoms with Crippen LogP contribution < -0.4 is 10.2 Å². The molecule has 0 atom stereocenters. The van der Waals surface area contributed by atoms with Crippen molar-refractivity contribution in [3.05, 3.63) is 65.2 Å². The summed E-state index contributed by atoms with van der Waals surface area (Å²) in [4.78, 5) is 17.2. The van der Waals surface area contributed by atoms with Crippen molar-refractivity contribution >= 4 is 11.6 Å². The zero-order valence-corrected chi connectivity index (χ0v) is 15.2. The lowest BCUT2D eigenvalue weighted by Crippen LogP contribution is -2.48. The monoisotopic (exact) mass is 337 g/mol. The SMILES string of the molecule is Cc1ccc(C(=O)NCCN2CCN(c3ccccc3)CC2)c(C)c1. The van der Waals surface area contributed by atoms with Gasteiger partial charge in [0.05, 0.1) is 0 Å². The minimum absolute atomic E-state index is 0.0282. The molecule has 2 aromatic rings. The van der Waals surface area contributed by atoms with E-state index in [0.29, 0.717) is 6.54 Å². The number of amides is 1. The minimum atomic E-state index is 0.0282. The second-order valence-electron chi connectivity index (χ2n) is 6.74. The standard InChI is InChI=1S/C21H27N3O/c1-17-8-9-20(18(2)16-17)21(25)22-10-11-23-12-14-24(15-13-23)19-6-4-3-5-7-19/h3-9,16H,10-15H2,1-2H3,(H,22,25). The van der Waals surface area contributed by atoms with Crippen LogP contribution in [-0.2, 0) is 0 Å². The van der Waals surface area contributed by atoms with Crippen LogP contribution in [0.3, 0.4) is 0 Å². The van der Waals surface area contributed by atoms with E-state index in [0.717, 1.165) is 43.9 Å². The van der Waals surface area contributed by atoms with Crippen molar-refractivity contribution in [1.29, 1.82) is 0 Å². The van der Waals surface area contributed by atoms with Crippen molar-refractivity contribution in [1.82, 2.24) is 10.2 Å². The molecule has 0 unspecified atom stereocenters. The van der Waals surface area contributed by atoms with Gasteiger partial charge in [0.15, 0.2) is 0 Å². The molecule has 0 aromatic heterocycles. The van der Waals surface area contributed by atoms with E-state index >= 15 is 0 Å². The van der Waals surface area contributed by atoms with Crippen molar-refractivity contribution in [3.63, 3.8) is 0 Å². The molecule has 1 N–H and O–H groups in total. The van der Waals surface area contributed by atoms with Crippen LogP contribution in [0.4, 0.5) is 5.69 Å². The molecule has 1 fully saturated rings. The number of piperazine rings is 1. The Morgan fingerprint density at radius 1 is 1.00 bits per heavy atom. The summed E-state index contributed by atoms with van der Waals surface area (Å²) < 4.78 is 0. The van der Waals surface area contributed by atoms with Gasteiger partial charge < -0.3 is 10.2 Å². The average Bonchev–Trinajstić information content (AvgIpc) is 2.63. The molecule has 0 aliphatic carbocycles. The van der Waals surface area contributed by atoms with E-state index in [1.54, 1.807) is 0 Å². The lowest BCUT2D eigenvalue weighted by molar-refractivity contribution is 0.0947. The number of nitrogens with zero attached hydrogens (tertiary/aromatic N) is 2. The second kappa shape index (κ2) is 8.17. The molecule has 25 heavy (non-hydrogen) atoms. The summed E-state index contributed by atoms with van der Waals surface area (Å²) >= 11 is 0. The van der Waals surface area contributed by atoms with Crippen molar-refractivity contribution in [2.45, 2.75) is 13.8 Å². The van der Waals surface area contributed by atoms with E-state index in [-0.39, 0.29) is 5.91 Å². The van der Waals surface area contributed by atoms with Crippen LogP contribution >= 0.6 is 0 Å². The van der Waals surface area contributed by atoms with E-state index in [9.17, 15) is 4.79 Å². The van der Waals surface area contributed by atoms with Gasteiger partial charge >= 0.3 is 0 Å². The van der Waals surface area contributed by atoms with Crippen LogP contribution in [0.1, 0.15) is 21.5 Å². The fourth-order valence-electron chi connectivity index (χ4n) is 3.36. The Kier molecular flexibility index (Phi) is 5.71. The van der Waals surface area contributed by atoms with Crippen LogP contribution in [-0.4, -0.2) is 50.1 Å². The summed E-state index contributed by atoms with van der Waals surface area (Å²) in [7, 11) is 0. The molecule has 0 radical (unpaired) electrons. The lowest BCUT2D eigenvalue weighted by atomic mass is 10.1. The summed E-state index contributed by atoms with van der Waals surface area (Å²) in [6, 6.07) is 16.5. The second-order valence-corrected chi connectivity index (χ2v) is 6.74. The molecule has 1 heterocycles. The number of benzene rings is 2. The number of carbonyl (C=O) groups is 1. The average molecular weight is 337 g/mol. The van der Waals surface area contributed by atoms with Crippen LogP contribution in [0.25, 0.3) is 0 Å². The normalized spacial score (nSPS) is 15.2. The number of para-hydroxylation sites is 1. The maximum atomic E-state index is 12.3.